The van der Waals surface area contributed by atoms with E-state index in [1.165, 1.54) is 10.4 Å². The van der Waals surface area contributed by atoms with Crippen LogP contribution in [0.4, 0.5) is 0 Å². The highest BCUT2D eigenvalue weighted by molar-refractivity contribution is 9.10. The lowest BCUT2D eigenvalue weighted by atomic mass is 10.0. The van der Waals surface area contributed by atoms with E-state index in [4.69, 9.17) is 4.74 Å². The summed E-state index contributed by atoms with van der Waals surface area (Å²) in [6.45, 7) is 3.26. The molecule has 0 aliphatic carbocycles. The molecule has 21 heavy (non-hydrogen) atoms. The van der Waals surface area contributed by atoms with Crippen molar-refractivity contribution in [3.8, 4) is 5.75 Å². The van der Waals surface area contributed by atoms with Gasteiger partial charge in [0.2, 0.25) is 0 Å². The Bertz CT molecular complexity index is 542. The van der Waals surface area contributed by atoms with Crippen LogP contribution in [0, 0.1) is 0 Å². The number of rotatable bonds is 8. The van der Waals surface area contributed by atoms with Gasteiger partial charge in [-0.05, 0) is 61.0 Å². The Morgan fingerprint density at radius 3 is 2.81 bits per heavy atom. The third-order valence-electron chi connectivity index (χ3n) is 3.43. The van der Waals surface area contributed by atoms with Crippen molar-refractivity contribution in [2.45, 2.75) is 32.2 Å². The number of ether oxygens (including phenoxy) is 1. The zero-order valence-electron chi connectivity index (χ0n) is 12.6. The SMILES string of the molecule is CCCNC(Cc1cccs1)Cc1cc(OC)ccc1Br. The lowest BCUT2D eigenvalue weighted by Gasteiger charge is -2.19. The van der Waals surface area contributed by atoms with Gasteiger partial charge in [0, 0.05) is 15.4 Å². The zero-order chi connectivity index (χ0) is 15.1. The standard InChI is InChI=1S/C17H22BrNOS/c1-3-8-19-14(12-16-5-4-9-21-16)10-13-11-15(20-2)6-7-17(13)18/h4-7,9,11,14,19H,3,8,10,12H2,1-2H3. The Morgan fingerprint density at radius 1 is 1.29 bits per heavy atom. The van der Waals surface area contributed by atoms with Crippen molar-refractivity contribution in [1.82, 2.24) is 5.32 Å². The molecular formula is C17H22BrNOS. The first kappa shape index (κ1) is 16.5. The molecule has 2 nitrogen and oxygen atoms in total. The van der Waals surface area contributed by atoms with Crippen molar-refractivity contribution in [2.24, 2.45) is 0 Å². The van der Waals surface area contributed by atoms with Gasteiger partial charge in [0.05, 0.1) is 7.11 Å². The molecule has 0 amide bonds. The molecule has 4 heteroatoms. The monoisotopic (exact) mass is 367 g/mol. The third kappa shape index (κ3) is 5.13. The maximum Gasteiger partial charge on any atom is 0.119 e. The molecule has 1 heterocycles. The van der Waals surface area contributed by atoms with Crippen molar-refractivity contribution in [1.29, 1.82) is 0 Å². The second kappa shape index (κ2) is 8.57. The number of hydrogen-bond donors (Lipinski definition) is 1. The first-order valence-electron chi connectivity index (χ1n) is 7.31. The van der Waals surface area contributed by atoms with E-state index in [1.807, 2.05) is 17.4 Å². The van der Waals surface area contributed by atoms with Crippen LogP contribution in [0.3, 0.4) is 0 Å². The van der Waals surface area contributed by atoms with Gasteiger partial charge < -0.3 is 10.1 Å². The average Bonchev–Trinajstić information content (AvgIpc) is 3.00. The van der Waals surface area contributed by atoms with Crippen LogP contribution in [0.5, 0.6) is 5.75 Å². The number of benzene rings is 1. The molecular weight excluding hydrogens is 346 g/mol. The summed E-state index contributed by atoms with van der Waals surface area (Å²) in [6, 6.07) is 11.0. The van der Waals surface area contributed by atoms with Gasteiger partial charge in [0.25, 0.3) is 0 Å². The van der Waals surface area contributed by atoms with E-state index in [0.29, 0.717) is 6.04 Å². The van der Waals surface area contributed by atoms with Crippen LogP contribution >= 0.6 is 27.3 Å². The Labute approximate surface area is 139 Å². The van der Waals surface area contributed by atoms with Crippen LogP contribution in [0.15, 0.2) is 40.2 Å². The minimum absolute atomic E-state index is 0.451. The van der Waals surface area contributed by atoms with Gasteiger partial charge in [-0.3, -0.25) is 0 Å². The fourth-order valence-electron chi connectivity index (χ4n) is 2.34. The molecule has 0 fully saturated rings. The molecule has 1 atom stereocenters. The third-order valence-corrected chi connectivity index (χ3v) is 5.10. The second-order valence-electron chi connectivity index (χ2n) is 5.10. The fraction of sp³-hybridized carbons (Fsp3) is 0.412. The number of hydrogen-bond acceptors (Lipinski definition) is 3. The molecule has 0 radical (unpaired) electrons. The lowest BCUT2D eigenvalue weighted by Crippen LogP contribution is -2.33. The molecule has 0 spiro atoms. The van der Waals surface area contributed by atoms with Crippen LogP contribution in [0.1, 0.15) is 23.8 Å². The quantitative estimate of drug-likeness (QED) is 0.731. The van der Waals surface area contributed by atoms with Crippen LogP contribution in [0.25, 0.3) is 0 Å². The lowest BCUT2D eigenvalue weighted by molar-refractivity contribution is 0.413. The van der Waals surface area contributed by atoms with Gasteiger partial charge in [-0.25, -0.2) is 0 Å². The highest BCUT2D eigenvalue weighted by Crippen LogP contribution is 2.24. The molecule has 1 unspecified atom stereocenters. The summed E-state index contributed by atoms with van der Waals surface area (Å²) in [4.78, 5) is 1.43. The first-order chi connectivity index (χ1) is 10.2. The fourth-order valence-corrected chi connectivity index (χ4v) is 3.53. The summed E-state index contributed by atoms with van der Waals surface area (Å²) < 4.78 is 6.49. The highest BCUT2D eigenvalue weighted by atomic mass is 79.9. The van der Waals surface area contributed by atoms with E-state index >= 15 is 0 Å². The van der Waals surface area contributed by atoms with Crippen molar-refractivity contribution in [3.05, 3.63) is 50.6 Å². The van der Waals surface area contributed by atoms with Gasteiger partial charge in [0.1, 0.15) is 5.75 Å². The summed E-state index contributed by atoms with van der Waals surface area (Å²) >= 11 is 5.48. The number of thiophene rings is 1. The van der Waals surface area contributed by atoms with Crippen molar-refractivity contribution < 1.29 is 4.74 Å². The molecule has 114 valence electrons. The number of halogens is 1. The maximum atomic E-state index is 5.34. The number of methoxy groups -OCH3 is 1. The Morgan fingerprint density at radius 2 is 2.14 bits per heavy atom. The van der Waals surface area contributed by atoms with Crippen LogP contribution in [0.2, 0.25) is 0 Å². The van der Waals surface area contributed by atoms with Crippen molar-refractivity contribution >= 4 is 27.3 Å². The predicted molar refractivity (Wildman–Crippen MR) is 94.5 cm³/mol. The van der Waals surface area contributed by atoms with E-state index in [0.717, 1.165) is 36.0 Å². The van der Waals surface area contributed by atoms with Gasteiger partial charge in [-0.15, -0.1) is 11.3 Å². The van der Waals surface area contributed by atoms with E-state index in [9.17, 15) is 0 Å². The first-order valence-corrected chi connectivity index (χ1v) is 8.98. The predicted octanol–water partition coefficient (Wildman–Crippen LogP) is 4.67. The minimum Gasteiger partial charge on any atom is -0.497 e. The van der Waals surface area contributed by atoms with E-state index in [1.54, 1.807) is 7.11 Å². The average molecular weight is 368 g/mol. The summed E-state index contributed by atoms with van der Waals surface area (Å²) in [6.07, 6.45) is 3.22. The molecule has 0 bridgehead atoms. The van der Waals surface area contributed by atoms with E-state index in [2.05, 4.69) is 57.8 Å². The van der Waals surface area contributed by atoms with E-state index in [-0.39, 0.29) is 0 Å². The molecule has 0 saturated carbocycles. The second-order valence-corrected chi connectivity index (χ2v) is 6.98. The minimum atomic E-state index is 0.451. The van der Waals surface area contributed by atoms with Gasteiger partial charge in [-0.1, -0.05) is 28.9 Å². The van der Waals surface area contributed by atoms with Crippen LogP contribution in [-0.2, 0) is 12.8 Å². The molecule has 1 N–H and O–H groups in total. The summed E-state index contributed by atoms with van der Waals surface area (Å²) in [5.41, 5.74) is 1.29. The Balaban J connectivity index is 2.09. The van der Waals surface area contributed by atoms with Crippen LogP contribution in [-0.4, -0.2) is 19.7 Å². The van der Waals surface area contributed by atoms with Crippen LogP contribution < -0.4 is 10.1 Å². The molecule has 2 rings (SSSR count). The molecule has 2 aromatic rings. The Kier molecular flexibility index (Phi) is 6.74. The largest absolute Gasteiger partial charge is 0.497 e. The molecule has 0 saturated heterocycles. The number of nitrogens with one attached hydrogen (secondary N) is 1. The van der Waals surface area contributed by atoms with Crippen molar-refractivity contribution in [3.63, 3.8) is 0 Å². The van der Waals surface area contributed by atoms with Crippen molar-refractivity contribution in [2.75, 3.05) is 13.7 Å². The van der Waals surface area contributed by atoms with Gasteiger partial charge in [-0.2, -0.15) is 0 Å². The van der Waals surface area contributed by atoms with Gasteiger partial charge in [0.15, 0.2) is 0 Å². The molecule has 0 aliphatic rings. The summed E-state index contributed by atoms with van der Waals surface area (Å²) in [5, 5.41) is 5.81. The maximum absolute atomic E-state index is 5.34. The normalized spacial score (nSPS) is 12.3. The van der Waals surface area contributed by atoms with E-state index < -0.39 is 0 Å². The smallest absolute Gasteiger partial charge is 0.119 e. The zero-order valence-corrected chi connectivity index (χ0v) is 15.0. The summed E-state index contributed by atoms with van der Waals surface area (Å²) in [5.74, 6) is 0.915. The van der Waals surface area contributed by atoms with Gasteiger partial charge >= 0.3 is 0 Å². The molecule has 0 aliphatic heterocycles. The topological polar surface area (TPSA) is 21.3 Å². The molecule has 1 aromatic carbocycles. The summed E-state index contributed by atoms with van der Waals surface area (Å²) in [7, 11) is 1.71. The highest BCUT2D eigenvalue weighted by Gasteiger charge is 2.13. The molecule has 1 aromatic heterocycles. The Hall–Kier alpha value is -0.840.